The van der Waals surface area contributed by atoms with Gasteiger partial charge in [0.15, 0.2) is 0 Å². The lowest BCUT2D eigenvalue weighted by Crippen LogP contribution is -2.27. The first-order chi connectivity index (χ1) is 3.62. The van der Waals surface area contributed by atoms with E-state index in [1.54, 1.807) is 0 Å². The van der Waals surface area contributed by atoms with E-state index >= 15 is 0 Å². The molecule has 0 saturated heterocycles. The summed E-state index contributed by atoms with van der Waals surface area (Å²) >= 11 is 5.25. The Balaban J connectivity index is 3.37. The fourth-order valence-corrected chi connectivity index (χ4v) is 0.409. The van der Waals surface area contributed by atoms with Crippen molar-refractivity contribution in [1.29, 1.82) is 0 Å². The highest BCUT2D eigenvalue weighted by Gasteiger charge is 2.16. The Morgan fingerprint density at radius 1 is 1.62 bits per heavy atom. The van der Waals surface area contributed by atoms with Gasteiger partial charge in [-0.25, -0.2) is 0 Å². The van der Waals surface area contributed by atoms with Crippen LogP contribution in [0, 0.1) is 6.92 Å². The fraction of sp³-hybridized carbons (Fsp3) is 0.800. The summed E-state index contributed by atoms with van der Waals surface area (Å²) in [6, 6.07) is 0. The van der Waals surface area contributed by atoms with Gasteiger partial charge >= 0.3 is 0 Å². The molecule has 3 heteroatoms. The van der Waals surface area contributed by atoms with E-state index in [4.69, 9.17) is 21.8 Å². The van der Waals surface area contributed by atoms with Gasteiger partial charge < -0.3 is 10.2 Å². The molecule has 0 spiro atoms. The van der Waals surface area contributed by atoms with E-state index in [0.717, 1.165) is 0 Å². The first kappa shape index (κ1) is 8.21. The molecule has 0 aliphatic carbocycles. The minimum absolute atomic E-state index is 0.0631. The van der Waals surface area contributed by atoms with Crippen LogP contribution in [0.3, 0.4) is 0 Å². The molecule has 1 radical (unpaired) electrons. The quantitative estimate of drug-likeness (QED) is 0.545. The smallest absolute Gasteiger partial charge is 0.0805 e. The first-order valence-electron chi connectivity index (χ1n) is 2.37. The highest BCUT2D eigenvalue weighted by molar-refractivity contribution is 6.18. The van der Waals surface area contributed by atoms with Crippen LogP contribution in [0.5, 0.6) is 0 Å². The van der Waals surface area contributed by atoms with Gasteiger partial charge in [0.25, 0.3) is 0 Å². The van der Waals surface area contributed by atoms with Crippen molar-refractivity contribution >= 4 is 11.6 Å². The SMILES string of the molecule is [CH2]C(O)(CCl)CCO. The third kappa shape index (κ3) is 3.24. The average Bonchev–Trinajstić information content (AvgIpc) is 1.67. The lowest BCUT2D eigenvalue weighted by Gasteiger charge is -2.17. The molecule has 0 aromatic carbocycles. The second-order valence-corrected chi connectivity index (χ2v) is 2.10. The molecule has 0 heterocycles. The van der Waals surface area contributed by atoms with Gasteiger partial charge in [0.05, 0.1) is 11.5 Å². The standard InChI is InChI=1S/C5H10ClO2/c1-5(8,4-6)2-3-7/h7-8H,1-4H2. The van der Waals surface area contributed by atoms with Gasteiger partial charge in [-0.3, -0.25) is 0 Å². The van der Waals surface area contributed by atoms with Crippen molar-refractivity contribution in [1.82, 2.24) is 0 Å². The van der Waals surface area contributed by atoms with Gasteiger partial charge in [0.2, 0.25) is 0 Å². The maximum Gasteiger partial charge on any atom is 0.0805 e. The van der Waals surface area contributed by atoms with E-state index in [9.17, 15) is 0 Å². The highest BCUT2D eigenvalue weighted by Crippen LogP contribution is 2.08. The second kappa shape index (κ2) is 3.28. The van der Waals surface area contributed by atoms with Crippen LogP contribution in [0.2, 0.25) is 0 Å². The van der Waals surface area contributed by atoms with E-state index in [1.165, 1.54) is 0 Å². The Morgan fingerprint density at radius 3 is 2.25 bits per heavy atom. The van der Waals surface area contributed by atoms with Crippen LogP contribution in [0.1, 0.15) is 6.42 Å². The molecule has 0 saturated carbocycles. The molecule has 0 amide bonds. The summed E-state index contributed by atoms with van der Waals surface area (Å²) in [6.45, 7) is 3.27. The topological polar surface area (TPSA) is 40.5 Å². The molecule has 1 atom stereocenters. The van der Waals surface area contributed by atoms with Crippen molar-refractivity contribution in [3.8, 4) is 0 Å². The Bertz CT molecular complexity index is 63.4. The van der Waals surface area contributed by atoms with Gasteiger partial charge in [-0.05, 0) is 6.92 Å². The minimum atomic E-state index is -1.14. The van der Waals surface area contributed by atoms with Gasteiger partial charge in [-0.1, -0.05) is 0 Å². The summed E-state index contributed by atoms with van der Waals surface area (Å²) < 4.78 is 0. The summed E-state index contributed by atoms with van der Waals surface area (Å²) in [5.41, 5.74) is -1.14. The van der Waals surface area contributed by atoms with Crippen LogP contribution in [-0.4, -0.2) is 28.3 Å². The summed E-state index contributed by atoms with van der Waals surface area (Å²) in [7, 11) is 0. The lowest BCUT2D eigenvalue weighted by molar-refractivity contribution is 0.0793. The van der Waals surface area contributed by atoms with Gasteiger partial charge in [-0.2, -0.15) is 0 Å². The maximum absolute atomic E-state index is 8.92. The molecule has 0 rings (SSSR count). The van der Waals surface area contributed by atoms with E-state index in [-0.39, 0.29) is 18.9 Å². The zero-order chi connectivity index (χ0) is 6.62. The molecular formula is C5H10ClO2. The van der Waals surface area contributed by atoms with Gasteiger partial charge in [0.1, 0.15) is 0 Å². The number of rotatable bonds is 3. The zero-order valence-electron chi connectivity index (χ0n) is 4.60. The Labute approximate surface area is 54.1 Å². The lowest BCUT2D eigenvalue weighted by atomic mass is 10.1. The minimum Gasteiger partial charge on any atom is -0.396 e. The third-order valence-corrected chi connectivity index (χ3v) is 1.32. The number of alkyl halides is 1. The normalized spacial score (nSPS) is 18.0. The number of aliphatic hydroxyl groups is 2. The van der Waals surface area contributed by atoms with E-state index in [2.05, 4.69) is 6.92 Å². The summed E-state index contributed by atoms with van der Waals surface area (Å²) in [6.07, 6.45) is 0.233. The molecule has 49 valence electrons. The van der Waals surface area contributed by atoms with Crippen molar-refractivity contribution in [3.63, 3.8) is 0 Å². The van der Waals surface area contributed by atoms with Crippen LogP contribution in [0.4, 0.5) is 0 Å². The fourth-order valence-electron chi connectivity index (χ4n) is 0.275. The number of hydrogen-bond donors (Lipinski definition) is 2. The van der Waals surface area contributed by atoms with Gasteiger partial charge in [0, 0.05) is 13.0 Å². The summed E-state index contributed by atoms with van der Waals surface area (Å²) in [5.74, 6) is 0.0631. The molecule has 0 bridgehead atoms. The first-order valence-corrected chi connectivity index (χ1v) is 2.90. The predicted molar refractivity (Wildman–Crippen MR) is 32.7 cm³/mol. The van der Waals surface area contributed by atoms with E-state index in [1.807, 2.05) is 0 Å². The largest absolute Gasteiger partial charge is 0.396 e. The average molecular weight is 138 g/mol. The number of hydrogen-bond acceptors (Lipinski definition) is 2. The van der Waals surface area contributed by atoms with Gasteiger partial charge in [-0.15, -0.1) is 11.6 Å². The monoisotopic (exact) mass is 137 g/mol. The van der Waals surface area contributed by atoms with Crippen LogP contribution in [-0.2, 0) is 0 Å². The molecular weight excluding hydrogens is 128 g/mol. The molecule has 0 fully saturated rings. The molecule has 0 aliphatic heterocycles. The zero-order valence-corrected chi connectivity index (χ0v) is 5.36. The maximum atomic E-state index is 8.92. The van der Waals surface area contributed by atoms with Crippen molar-refractivity contribution < 1.29 is 10.2 Å². The van der Waals surface area contributed by atoms with Crippen LogP contribution >= 0.6 is 11.6 Å². The molecule has 1 unspecified atom stereocenters. The van der Waals surface area contributed by atoms with Crippen LogP contribution in [0.15, 0.2) is 0 Å². The number of halogens is 1. The Hall–Kier alpha value is 0.210. The second-order valence-electron chi connectivity index (χ2n) is 1.83. The van der Waals surface area contributed by atoms with Crippen LogP contribution < -0.4 is 0 Å². The van der Waals surface area contributed by atoms with Crippen molar-refractivity contribution in [3.05, 3.63) is 6.92 Å². The molecule has 0 aliphatic rings. The Morgan fingerprint density at radius 2 is 2.12 bits per heavy atom. The molecule has 0 aromatic heterocycles. The van der Waals surface area contributed by atoms with Crippen LogP contribution in [0.25, 0.3) is 0 Å². The van der Waals surface area contributed by atoms with E-state index < -0.39 is 5.60 Å². The Kier molecular flexibility index (Phi) is 3.36. The van der Waals surface area contributed by atoms with E-state index in [0.29, 0.717) is 0 Å². The summed E-state index contributed by atoms with van der Waals surface area (Å²) in [4.78, 5) is 0. The van der Waals surface area contributed by atoms with Crippen molar-refractivity contribution in [2.24, 2.45) is 0 Å². The number of aliphatic hydroxyl groups excluding tert-OH is 1. The highest BCUT2D eigenvalue weighted by atomic mass is 35.5. The van der Waals surface area contributed by atoms with Crippen molar-refractivity contribution in [2.75, 3.05) is 12.5 Å². The predicted octanol–water partition coefficient (Wildman–Crippen LogP) is 0.173. The molecule has 8 heavy (non-hydrogen) atoms. The molecule has 2 nitrogen and oxygen atoms in total. The summed E-state index contributed by atoms with van der Waals surface area (Å²) in [5, 5.41) is 17.2. The van der Waals surface area contributed by atoms with Crippen molar-refractivity contribution in [2.45, 2.75) is 12.0 Å². The molecule has 2 N–H and O–H groups in total. The third-order valence-electron chi connectivity index (χ3n) is 0.826. The molecule has 0 aromatic rings.